The van der Waals surface area contributed by atoms with Crippen molar-refractivity contribution < 1.29 is 17.9 Å². The molecule has 0 spiro atoms. The van der Waals surface area contributed by atoms with Gasteiger partial charge in [-0.2, -0.15) is 4.31 Å². The van der Waals surface area contributed by atoms with Crippen LogP contribution in [-0.4, -0.2) is 56.9 Å². The van der Waals surface area contributed by atoms with Crippen LogP contribution < -0.4 is 15.8 Å². The first-order chi connectivity index (χ1) is 11.0. The largest absolute Gasteiger partial charge is 0.481 e. The maximum Gasteiger partial charge on any atom is 0.244 e. The van der Waals surface area contributed by atoms with Crippen LogP contribution in [0.4, 0.5) is 0 Å². The number of piperidine rings is 1. The highest BCUT2D eigenvalue weighted by Gasteiger charge is 2.33. The van der Waals surface area contributed by atoms with Crippen LogP contribution in [0, 0.1) is 5.92 Å². The number of sulfonamides is 1. The Hall–Kier alpha value is -1.42. The average molecular weight is 379 g/mol. The first kappa shape index (κ1) is 20.6. The van der Waals surface area contributed by atoms with E-state index in [1.54, 1.807) is 0 Å². The molecule has 0 radical (unpaired) electrons. The Morgan fingerprint density at radius 2 is 2.25 bits per heavy atom. The van der Waals surface area contributed by atoms with E-state index < -0.39 is 10.0 Å². The number of ether oxygens (including phenoxy) is 1. The molecule has 1 aromatic heterocycles. The number of rotatable bonds is 6. The lowest BCUT2D eigenvalue weighted by molar-refractivity contribution is -0.126. The molecule has 0 aliphatic carbocycles. The molecule has 136 valence electrons. The van der Waals surface area contributed by atoms with Gasteiger partial charge in [0, 0.05) is 32.2 Å². The molecule has 1 aliphatic heterocycles. The van der Waals surface area contributed by atoms with Crippen molar-refractivity contribution in [1.82, 2.24) is 14.6 Å². The third-order valence-corrected chi connectivity index (χ3v) is 5.60. The Balaban J connectivity index is 0.00000288. The van der Waals surface area contributed by atoms with Gasteiger partial charge in [0.05, 0.1) is 19.2 Å². The van der Waals surface area contributed by atoms with Crippen molar-refractivity contribution >= 4 is 28.3 Å². The Labute approximate surface area is 148 Å². The van der Waals surface area contributed by atoms with Crippen LogP contribution in [0.3, 0.4) is 0 Å². The molecule has 1 unspecified atom stereocenters. The highest BCUT2D eigenvalue weighted by Crippen LogP contribution is 2.24. The summed E-state index contributed by atoms with van der Waals surface area (Å²) in [5.41, 5.74) is 5.36. The van der Waals surface area contributed by atoms with Gasteiger partial charge in [-0.15, -0.1) is 12.4 Å². The predicted octanol–water partition coefficient (Wildman–Crippen LogP) is -0.0124. The number of amides is 1. The summed E-state index contributed by atoms with van der Waals surface area (Å²) in [7, 11) is -2.20. The molecule has 8 nitrogen and oxygen atoms in total. The van der Waals surface area contributed by atoms with Gasteiger partial charge in [0.15, 0.2) is 0 Å². The van der Waals surface area contributed by atoms with E-state index in [4.69, 9.17) is 10.5 Å². The summed E-state index contributed by atoms with van der Waals surface area (Å²) in [5.74, 6) is -0.152. The number of nitrogens with zero attached hydrogens (tertiary/aromatic N) is 2. The van der Waals surface area contributed by atoms with Gasteiger partial charge in [-0.25, -0.2) is 13.4 Å². The minimum atomic E-state index is -3.66. The monoisotopic (exact) mass is 378 g/mol. The number of carbonyl (C=O) groups excluding carboxylic acids is 1. The molecule has 24 heavy (non-hydrogen) atoms. The van der Waals surface area contributed by atoms with Gasteiger partial charge in [-0.3, -0.25) is 4.79 Å². The number of hydrogen-bond acceptors (Lipinski definition) is 6. The van der Waals surface area contributed by atoms with Gasteiger partial charge >= 0.3 is 0 Å². The fourth-order valence-electron chi connectivity index (χ4n) is 2.50. The zero-order chi connectivity index (χ0) is 16.9. The van der Waals surface area contributed by atoms with Gasteiger partial charge < -0.3 is 15.8 Å². The average Bonchev–Trinajstić information content (AvgIpc) is 2.59. The lowest BCUT2D eigenvalue weighted by Gasteiger charge is -2.31. The van der Waals surface area contributed by atoms with Gasteiger partial charge in [0.2, 0.25) is 21.8 Å². The number of nitrogens with one attached hydrogen (secondary N) is 1. The smallest absolute Gasteiger partial charge is 0.244 e. The molecule has 1 aliphatic rings. The van der Waals surface area contributed by atoms with Crippen LogP contribution in [0.1, 0.15) is 12.8 Å². The van der Waals surface area contributed by atoms with E-state index in [2.05, 4.69) is 10.3 Å². The van der Waals surface area contributed by atoms with Gasteiger partial charge in [-0.1, -0.05) is 0 Å². The fraction of sp³-hybridized carbons (Fsp3) is 0.571. The topological polar surface area (TPSA) is 115 Å². The highest BCUT2D eigenvalue weighted by molar-refractivity contribution is 7.89. The number of methoxy groups -OCH3 is 1. The second-order valence-corrected chi connectivity index (χ2v) is 7.26. The SMILES string of the molecule is COc1ccc(S(=O)(=O)N2CCCC(C(=O)NCCN)C2)cn1.Cl. The van der Waals surface area contributed by atoms with E-state index in [-0.39, 0.29) is 35.7 Å². The van der Waals surface area contributed by atoms with Crippen molar-refractivity contribution in [3.8, 4) is 5.88 Å². The number of aromatic nitrogens is 1. The summed E-state index contributed by atoms with van der Waals surface area (Å²) in [5, 5.41) is 2.71. The van der Waals surface area contributed by atoms with Gasteiger partial charge in [0.1, 0.15) is 4.90 Å². The lowest BCUT2D eigenvalue weighted by Crippen LogP contribution is -2.46. The second kappa shape index (κ2) is 9.16. The first-order valence-electron chi connectivity index (χ1n) is 7.47. The van der Waals surface area contributed by atoms with E-state index in [1.807, 2.05) is 0 Å². The van der Waals surface area contributed by atoms with E-state index in [0.717, 1.165) is 0 Å². The molecule has 2 rings (SSSR count). The molecule has 2 heterocycles. The van der Waals surface area contributed by atoms with E-state index in [9.17, 15) is 13.2 Å². The van der Waals surface area contributed by atoms with Crippen molar-refractivity contribution in [2.75, 3.05) is 33.3 Å². The third kappa shape index (κ3) is 4.79. The summed E-state index contributed by atoms with van der Waals surface area (Å²) in [4.78, 5) is 16.1. The highest BCUT2D eigenvalue weighted by atomic mass is 35.5. The molecule has 3 N–H and O–H groups in total. The quantitative estimate of drug-likeness (QED) is 0.719. The van der Waals surface area contributed by atoms with Crippen molar-refractivity contribution in [2.45, 2.75) is 17.7 Å². The van der Waals surface area contributed by atoms with Crippen molar-refractivity contribution in [3.05, 3.63) is 18.3 Å². The summed E-state index contributed by atoms with van der Waals surface area (Å²) in [6, 6.07) is 2.96. The summed E-state index contributed by atoms with van der Waals surface area (Å²) in [6.07, 6.45) is 2.58. The number of hydrogen-bond donors (Lipinski definition) is 2. The normalized spacial score (nSPS) is 18.5. The number of carbonyl (C=O) groups is 1. The molecule has 1 amide bonds. The van der Waals surface area contributed by atoms with Gasteiger partial charge in [-0.05, 0) is 18.9 Å². The van der Waals surface area contributed by atoms with Gasteiger partial charge in [0.25, 0.3) is 0 Å². The van der Waals surface area contributed by atoms with Crippen molar-refractivity contribution in [3.63, 3.8) is 0 Å². The molecule has 1 saturated heterocycles. The minimum absolute atomic E-state index is 0. The zero-order valence-corrected chi connectivity index (χ0v) is 15.1. The zero-order valence-electron chi connectivity index (χ0n) is 13.5. The fourth-order valence-corrected chi connectivity index (χ4v) is 3.97. The number of pyridine rings is 1. The summed E-state index contributed by atoms with van der Waals surface area (Å²) >= 11 is 0. The van der Waals surface area contributed by atoms with E-state index >= 15 is 0 Å². The Kier molecular flexibility index (Phi) is 7.88. The Morgan fingerprint density at radius 1 is 1.50 bits per heavy atom. The maximum atomic E-state index is 12.7. The van der Waals surface area contributed by atoms with Crippen LogP contribution >= 0.6 is 12.4 Å². The number of nitrogens with two attached hydrogens (primary N) is 1. The molecule has 1 fully saturated rings. The molecule has 1 atom stereocenters. The van der Waals surface area contributed by atoms with E-state index in [0.29, 0.717) is 38.4 Å². The molecule has 0 bridgehead atoms. The molecule has 0 aromatic carbocycles. The van der Waals surface area contributed by atoms with Crippen LogP contribution in [0.5, 0.6) is 5.88 Å². The lowest BCUT2D eigenvalue weighted by atomic mass is 9.99. The second-order valence-electron chi connectivity index (χ2n) is 5.32. The molecule has 10 heteroatoms. The van der Waals surface area contributed by atoms with Crippen molar-refractivity contribution in [2.24, 2.45) is 11.7 Å². The Bertz CT molecular complexity index is 639. The maximum absolute atomic E-state index is 12.7. The standard InChI is InChI=1S/C14H22N4O4S.ClH/c1-22-13-5-4-12(9-17-13)23(20,21)18-8-2-3-11(10-18)14(19)16-7-6-15;/h4-5,9,11H,2-3,6-8,10,15H2,1H3,(H,16,19);1H. The molecular weight excluding hydrogens is 356 g/mol. The third-order valence-electron chi connectivity index (χ3n) is 3.75. The van der Waals surface area contributed by atoms with Crippen LogP contribution in [0.2, 0.25) is 0 Å². The van der Waals surface area contributed by atoms with Crippen molar-refractivity contribution in [1.29, 1.82) is 0 Å². The summed E-state index contributed by atoms with van der Waals surface area (Å²) in [6.45, 7) is 1.32. The minimum Gasteiger partial charge on any atom is -0.481 e. The Morgan fingerprint density at radius 3 is 2.83 bits per heavy atom. The first-order valence-corrected chi connectivity index (χ1v) is 8.91. The number of halogens is 1. The van der Waals surface area contributed by atoms with Crippen LogP contribution in [0.25, 0.3) is 0 Å². The van der Waals surface area contributed by atoms with Crippen LogP contribution in [0.15, 0.2) is 23.2 Å². The molecular formula is C14H23ClN4O4S. The summed E-state index contributed by atoms with van der Waals surface area (Å²) < 4.78 is 31.6. The predicted molar refractivity (Wildman–Crippen MR) is 91.6 cm³/mol. The van der Waals surface area contributed by atoms with Crippen LogP contribution in [-0.2, 0) is 14.8 Å². The molecule has 1 aromatic rings. The van der Waals surface area contributed by atoms with E-state index in [1.165, 1.54) is 29.7 Å². The molecule has 0 saturated carbocycles.